The van der Waals surface area contributed by atoms with E-state index in [2.05, 4.69) is 22.2 Å². The number of benzene rings is 1. The van der Waals surface area contributed by atoms with Crippen molar-refractivity contribution < 1.29 is 14.6 Å². The smallest absolute Gasteiger partial charge is 0.258 e. The molecule has 25 heavy (non-hydrogen) atoms. The number of aliphatic hydroxyl groups is 1. The topological polar surface area (TPSA) is 65.0 Å². The minimum Gasteiger partial charge on any atom is -0.484 e. The van der Waals surface area contributed by atoms with E-state index in [0.717, 1.165) is 26.2 Å². The molecule has 1 fully saturated rings. The Hall–Kier alpha value is -1.63. The lowest BCUT2D eigenvalue weighted by atomic mass is 10.1. The summed E-state index contributed by atoms with van der Waals surface area (Å²) < 4.78 is 5.54. The number of likely N-dealkylation sites (N-methyl/N-ethyl adjacent to an activating group) is 1. The van der Waals surface area contributed by atoms with Gasteiger partial charge in [0.05, 0.1) is 6.61 Å². The molecule has 140 valence electrons. The van der Waals surface area contributed by atoms with Crippen LogP contribution in [0.1, 0.15) is 26.3 Å². The zero-order valence-corrected chi connectivity index (χ0v) is 15.8. The highest BCUT2D eigenvalue weighted by atomic mass is 16.5. The van der Waals surface area contributed by atoms with Gasteiger partial charge in [0.25, 0.3) is 5.91 Å². The molecule has 1 aromatic rings. The van der Waals surface area contributed by atoms with Gasteiger partial charge in [0.1, 0.15) is 5.75 Å². The Kier molecular flexibility index (Phi) is 6.81. The predicted octanol–water partition coefficient (Wildman–Crippen LogP) is 1.09. The van der Waals surface area contributed by atoms with E-state index in [1.54, 1.807) is 0 Å². The van der Waals surface area contributed by atoms with Gasteiger partial charge in [-0.05, 0) is 45.5 Å². The molecule has 1 aromatic carbocycles. The lowest BCUT2D eigenvalue weighted by Gasteiger charge is -2.38. The van der Waals surface area contributed by atoms with Gasteiger partial charge in [-0.15, -0.1) is 0 Å². The molecule has 2 N–H and O–H groups in total. The Morgan fingerprint density at radius 3 is 2.56 bits per heavy atom. The molecule has 1 aliphatic heterocycles. The summed E-state index contributed by atoms with van der Waals surface area (Å²) in [6.45, 7) is 9.74. The third kappa shape index (κ3) is 6.65. The van der Waals surface area contributed by atoms with E-state index in [1.165, 1.54) is 5.56 Å². The van der Waals surface area contributed by atoms with Gasteiger partial charge in [0.15, 0.2) is 6.61 Å². The maximum Gasteiger partial charge on any atom is 0.258 e. The summed E-state index contributed by atoms with van der Waals surface area (Å²) in [6, 6.07) is 8.07. The summed E-state index contributed by atoms with van der Waals surface area (Å²) in [6.07, 6.45) is 0. The van der Waals surface area contributed by atoms with Gasteiger partial charge in [0.2, 0.25) is 0 Å². The number of amides is 1. The first-order valence-corrected chi connectivity index (χ1v) is 8.83. The average molecular weight is 349 g/mol. The quantitative estimate of drug-likeness (QED) is 0.805. The minimum absolute atomic E-state index is 0.0211. The first-order chi connectivity index (χ1) is 11.8. The van der Waals surface area contributed by atoms with Crippen LogP contribution in [0.15, 0.2) is 24.3 Å². The molecule has 1 heterocycles. The number of nitrogens with zero attached hydrogens (tertiary/aromatic N) is 2. The molecule has 0 unspecified atom stereocenters. The molecule has 0 saturated carbocycles. The van der Waals surface area contributed by atoms with Gasteiger partial charge in [-0.1, -0.05) is 12.1 Å². The Labute approximate surface area is 150 Å². The van der Waals surface area contributed by atoms with Crippen LogP contribution in [0.25, 0.3) is 0 Å². The first-order valence-electron chi connectivity index (χ1n) is 8.83. The van der Waals surface area contributed by atoms with E-state index < -0.39 is 0 Å². The van der Waals surface area contributed by atoms with Gasteiger partial charge in [-0.2, -0.15) is 0 Å². The minimum atomic E-state index is -0.251. The van der Waals surface area contributed by atoms with Crippen LogP contribution in [0.4, 0.5) is 0 Å². The summed E-state index contributed by atoms with van der Waals surface area (Å²) in [5.74, 6) is 0.573. The van der Waals surface area contributed by atoms with Gasteiger partial charge < -0.3 is 15.2 Å². The Morgan fingerprint density at radius 2 is 1.96 bits per heavy atom. The van der Waals surface area contributed by atoms with Crippen molar-refractivity contribution in [1.82, 2.24) is 15.1 Å². The zero-order chi connectivity index (χ0) is 18.4. The molecule has 1 atom stereocenters. The molecule has 0 aliphatic carbocycles. The van der Waals surface area contributed by atoms with Crippen molar-refractivity contribution in [3.8, 4) is 5.75 Å². The van der Waals surface area contributed by atoms with Crippen LogP contribution in [0.3, 0.4) is 0 Å². The summed E-state index contributed by atoms with van der Waals surface area (Å²) in [5.41, 5.74) is 0.951. The predicted molar refractivity (Wildman–Crippen MR) is 98.6 cm³/mol. The first kappa shape index (κ1) is 19.7. The lowest BCUT2D eigenvalue weighted by Crippen LogP contribution is -2.52. The number of piperazine rings is 1. The fourth-order valence-corrected chi connectivity index (χ4v) is 2.90. The van der Waals surface area contributed by atoms with Gasteiger partial charge in [0, 0.05) is 37.8 Å². The molecular formula is C19H31N3O3. The van der Waals surface area contributed by atoms with Crippen LogP contribution in [0, 0.1) is 0 Å². The molecule has 2 rings (SSSR count). The second kappa shape index (κ2) is 8.65. The van der Waals surface area contributed by atoms with Gasteiger partial charge >= 0.3 is 0 Å². The van der Waals surface area contributed by atoms with Crippen LogP contribution in [0.5, 0.6) is 5.75 Å². The van der Waals surface area contributed by atoms with Crippen molar-refractivity contribution in [2.45, 2.75) is 38.9 Å². The molecule has 6 heteroatoms. The number of ether oxygens (including phenoxy) is 1. The Morgan fingerprint density at radius 1 is 1.28 bits per heavy atom. The van der Waals surface area contributed by atoms with E-state index in [1.807, 2.05) is 45.0 Å². The average Bonchev–Trinajstić information content (AvgIpc) is 2.54. The standard InChI is InChI=1S/C19H31N3O3/c1-19(2,3)20-18(24)14-25-17-7-5-15(6-8-17)11-22-10-9-21(4)16(12-22)13-23/h5-8,16,23H,9-14H2,1-4H3,(H,20,24)/t16-/m0/s1. The number of aliphatic hydroxyl groups excluding tert-OH is 1. The molecule has 0 aromatic heterocycles. The van der Waals surface area contributed by atoms with E-state index in [9.17, 15) is 9.90 Å². The highest BCUT2D eigenvalue weighted by Gasteiger charge is 2.23. The van der Waals surface area contributed by atoms with Crippen LogP contribution < -0.4 is 10.1 Å². The largest absolute Gasteiger partial charge is 0.484 e. The number of hydrogen-bond acceptors (Lipinski definition) is 5. The van der Waals surface area contributed by atoms with E-state index in [0.29, 0.717) is 5.75 Å². The van der Waals surface area contributed by atoms with Crippen molar-refractivity contribution in [1.29, 1.82) is 0 Å². The molecule has 0 bridgehead atoms. The summed E-state index contributed by atoms with van der Waals surface area (Å²) in [4.78, 5) is 16.3. The lowest BCUT2D eigenvalue weighted by molar-refractivity contribution is -0.124. The van der Waals surface area contributed by atoms with Crippen molar-refractivity contribution in [3.63, 3.8) is 0 Å². The van der Waals surface area contributed by atoms with Crippen molar-refractivity contribution in [2.24, 2.45) is 0 Å². The van der Waals surface area contributed by atoms with E-state index >= 15 is 0 Å². The van der Waals surface area contributed by atoms with Crippen molar-refractivity contribution in [3.05, 3.63) is 29.8 Å². The number of hydrogen-bond donors (Lipinski definition) is 2. The molecule has 1 saturated heterocycles. The molecule has 0 radical (unpaired) electrons. The van der Waals surface area contributed by atoms with Gasteiger partial charge in [-0.3, -0.25) is 14.6 Å². The van der Waals surface area contributed by atoms with Crippen LogP contribution in [-0.4, -0.2) is 72.3 Å². The van der Waals surface area contributed by atoms with Crippen molar-refractivity contribution >= 4 is 5.91 Å². The fraction of sp³-hybridized carbons (Fsp3) is 0.632. The second-order valence-electron chi connectivity index (χ2n) is 7.78. The molecule has 0 spiro atoms. The van der Waals surface area contributed by atoms with E-state index in [4.69, 9.17) is 4.74 Å². The maximum atomic E-state index is 11.8. The molecular weight excluding hydrogens is 318 g/mol. The normalized spacial score (nSPS) is 19.6. The van der Waals surface area contributed by atoms with Crippen LogP contribution >= 0.6 is 0 Å². The molecule has 6 nitrogen and oxygen atoms in total. The highest BCUT2D eigenvalue weighted by Crippen LogP contribution is 2.16. The summed E-state index contributed by atoms with van der Waals surface area (Å²) in [5, 5.41) is 12.3. The van der Waals surface area contributed by atoms with Crippen molar-refractivity contribution in [2.75, 3.05) is 39.9 Å². The number of rotatable bonds is 6. The SMILES string of the molecule is CN1CCN(Cc2ccc(OCC(=O)NC(C)(C)C)cc2)C[C@H]1CO. The summed E-state index contributed by atoms with van der Waals surface area (Å²) in [7, 11) is 2.06. The van der Waals surface area contributed by atoms with Crippen LogP contribution in [0.2, 0.25) is 0 Å². The third-order valence-electron chi connectivity index (χ3n) is 4.29. The van der Waals surface area contributed by atoms with Crippen LogP contribution in [-0.2, 0) is 11.3 Å². The monoisotopic (exact) mass is 349 g/mol. The zero-order valence-electron chi connectivity index (χ0n) is 15.8. The van der Waals surface area contributed by atoms with Gasteiger partial charge in [-0.25, -0.2) is 0 Å². The number of carbonyl (C=O) groups is 1. The Bertz CT molecular complexity index is 554. The summed E-state index contributed by atoms with van der Waals surface area (Å²) >= 11 is 0. The second-order valence-corrected chi connectivity index (χ2v) is 7.78. The molecule has 1 amide bonds. The molecule has 1 aliphatic rings. The third-order valence-corrected chi connectivity index (χ3v) is 4.29. The fourth-order valence-electron chi connectivity index (χ4n) is 2.90. The Balaban J connectivity index is 1.81. The number of carbonyl (C=O) groups excluding carboxylic acids is 1. The number of nitrogens with one attached hydrogen (secondary N) is 1. The highest BCUT2D eigenvalue weighted by molar-refractivity contribution is 5.78. The van der Waals surface area contributed by atoms with E-state index in [-0.39, 0.29) is 30.7 Å². The maximum absolute atomic E-state index is 11.8.